The summed E-state index contributed by atoms with van der Waals surface area (Å²) in [6.45, 7) is 3.22. The largest absolute Gasteiger partial charge is 0.478 e. The molecule has 0 unspecified atom stereocenters. The molecule has 22 heavy (non-hydrogen) atoms. The normalized spacial score (nSPS) is 14.3. The summed E-state index contributed by atoms with van der Waals surface area (Å²) < 4.78 is 12.2. The van der Waals surface area contributed by atoms with Crippen molar-refractivity contribution in [3.8, 4) is 5.75 Å². The summed E-state index contributed by atoms with van der Waals surface area (Å²) in [4.78, 5) is 25.9. The zero-order valence-corrected chi connectivity index (χ0v) is 12.7. The number of carbonyl (C=O) groups excluding carboxylic acids is 1. The Labute approximate surface area is 129 Å². The number of ether oxygens (including phenoxy) is 2. The predicted octanol–water partition coefficient (Wildman–Crippen LogP) is -0.175. The third kappa shape index (κ3) is 4.57. The number of rotatable bonds is 8. The molecule has 0 saturated carbocycles. The van der Waals surface area contributed by atoms with Crippen LogP contribution < -0.4 is 16.0 Å². The van der Waals surface area contributed by atoms with Crippen molar-refractivity contribution in [3.05, 3.63) is 28.7 Å². The molecule has 7 heteroatoms. The summed E-state index contributed by atoms with van der Waals surface area (Å²) in [6.07, 6.45) is 3.74. The van der Waals surface area contributed by atoms with E-state index < -0.39 is 0 Å². The lowest BCUT2D eigenvalue weighted by atomic mass is 10.4. The Bertz CT molecular complexity index is 538. The molecule has 122 valence electrons. The van der Waals surface area contributed by atoms with Crippen LogP contribution in [0.2, 0.25) is 0 Å². The standard InChI is InChI=1S/C15H23N3O4/c16-5-10-21-11-9-18-8-3-4-13(15(18)20)22-12-14(19)17-6-1-2-7-17/h3-4,8H,1-2,5-7,9-12,16H2. The van der Waals surface area contributed by atoms with Gasteiger partial charge >= 0.3 is 0 Å². The summed E-state index contributed by atoms with van der Waals surface area (Å²) in [5.41, 5.74) is 5.08. The fourth-order valence-corrected chi connectivity index (χ4v) is 2.35. The van der Waals surface area contributed by atoms with Gasteiger partial charge in [0.2, 0.25) is 0 Å². The quantitative estimate of drug-likeness (QED) is 0.674. The molecule has 1 aromatic heterocycles. The molecule has 1 aliphatic rings. The summed E-state index contributed by atoms with van der Waals surface area (Å²) in [5, 5.41) is 0. The van der Waals surface area contributed by atoms with Crippen LogP contribution in [0.3, 0.4) is 0 Å². The fraction of sp³-hybridized carbons (Fsp3) is 0.600. The van der Waals surface area contributed by atoms with Crippen molar-refractivity contribution in [3.63, 3.8) is 0 Å². The molecule has 2 rings (SSSR count). The number of pyridine rings is 1. The lowest BCUT2D eigenvalue weighted by Crippen LogP contribution is -2.33. The molecule has 0 aliphatic carbocycles. The van der Waals surface area contributed by atoms with Gasteiger partial charge in [-0.2, -0.15) is 0 Å². The Morgan fingerprint density at radius 3 is 2.77 bits per heavy atom. The van der Waals surface area contributed by atoms with Gasteiger partial charge in [-0.05, 0) is 25.0 Å². The van der Waals surface area contributed by atoms with E-state index in [0.29, 0.717) is 26.3 Å². The van der Waals surface area contributed by atoms with Crippen molar-refractivity contribution in [2.75, 3.05) is 39.5 Å². The molecule has 0 radical (unpaired) electrons. The number of carbonyl (C=O) groups is 1. The van der Waals surface area contributed by atoms with E-state index in [2.05, 4.69) is 0 Å². The molecule has 2 N–H and O–H groups in total. The number of likely N-dealkylation sites (tertiary alicyclic amines) is 1. The topological polar surface area (TPSA) is 86.8 Å². The molecule has 2 heterocycles. The lowest BCUT2D eigenvalue weighted by molar-refractivity contribution is -0.132. The first-order valence-corrected chi connectivity index (χ1v) is 7.60. The van der Waals surface area contributed by atoms with Crippen LogP contribution in [0.4, 0.5) is 0 Å². The minimum absolute atomic E-state index is 0.0708. The monoisotopic (exact) mass is 309 g/mol. The zero-order chi connectivity index (χ0) is 15.8. The summed E-state index contributed by atoms with van der Waals surface area (Å²) in [6, 6.07) is 3.30. The van der Waals surface area contributed by atoms with E-state index in [9.17, 15) is 9.59 Å². The average Bonchev–Trinajstić information content (AvgIpc) is 3.06. The summed E-state index contributed by atoms with van der Waals surface area (Å²) >= 11 is 0. The molecule has 1 aromatic rings. The van der Waals surface area contributed by atoms with Crippen molar-refractivity contribution in [1.29, 1.82) is 0 Å². The van der Waals surface area contributed by atoms with Crippen molar-refractivity contribution in [2.24, 2.45) is 5.73 Å². The number of nitrogens with two attached hydrogens (primary N) is 1. The smallest absolute Gasteiger partial charge is 0.292 e. The van der Waals surface area contributed by atoms with Crippen molar-refractivity contribution in [1.82, 2.24) is 9.47 Å². The van der Waals surface area contributed by atoms with Crippen molar-refractivity contribution >= 4 is 5.91 Å². The number of aromatic nitrogens is 1. The van der Waals surface area contributed by atoms with E-state index in [-0.39, 0.29) is 23.8 Å². The summed E-state index contributed by atoms with van der Waals surface area (Å²) in [7, 11) is 0. The van der Waals surface area contributed by atoms with E-state index in [1.54, 1.807) is 23.2 Å². The van der Waals surface area contributed by atoms with E-state index in [1.807, 2.05) is 0 Å². The molecule has 1 saturated heterocycles. The van der Waals surface area contributed by atoms with Crippen LogP contribution in [-0.2, 0) is 16.1 Å². The minimum atomic E-state index is -0.256. The van der Waals surface area contributed by atoms with Gasteiger partial charge in [-0.25, -0.2) is 0 Å². The maximum absolute atomic E-state index is 12.2. The van der Waals surface area contributed by atoms with Crippen molar-refractivity contribution < 1.29 is 14.3 Å². The maximum Gasteiger partial charge on any atom is 0.292 e. The molecule has 0 spiro atoms. The Balaban J connectivity index is 1.88. The highest BCUT2D eigenvalue weighted by molar-refractivity contribution is 5.77. The number of hydrogen-bond acceptors (Lipinski definition) is 5. The highest BCUT2D eigenvalue weighted by Crippen LogP contribution is 2.08. The zero-order valence-electron chi connectivity index (χ0n) is 12.7. The first-order valence-electron chi connectivity index (χ1n) is 7.60. The van der Waals surface area contributed by atoms with E-state index >= 15 is 0 Å². The Morgan fingerprint density at radius 2 is 2.05 bits per heavy atom. The average molecular weight is 309 g/mol. The predicted molar refractivity (Wildman–Crippen MR) is 81.9 cm³/mol. The van der Waals surface area contributed by atoms with Gasteiger partial charge in [-0.15, -0.1) is 0 Å². The minimum Gasteiger partial charge on any atom is -0.478 e. The van der Waals surface area contributed by atoms with Gasteiger partial charge in [-0.3, -0.25) is 9.59 Å². The number of amides is 1. The van der Waals surface area contributed by atoms with Gasteiger partial charge in [0.25, 0.3) is 11.5 Å². The van der Waals surface area contributed by atoms with Crippen LogP contribution in [-0.4, -0.2) is 54.8 Å². The molecule has 1 aliphatic heterocycles. The number of nitrogens with zero attached hydrogens (tertiary/aromatic N) is 2. The van der Waals surface area contributed by atoms with Gasteiger partial charge in [0, 0.05) is 32.4 Å². The molecule has 1 amide bonds. The van der Waals surface area contributed by atoms with Gasteiger partial charge in [0.15, 0.2) is 12.4 Å². The second kappa shape index (κ2) is 8.55. The second-order valence-corrected chi connectivity index (χ2v) is 5.15. The van der Waals surface area contributed by atoms with Crippen LogP contribution in [0.15, 0.2) is 23.1 Å². The van der Waals surface area contributed by atoms with E-state index in [4.69, 9.17) is 15.2 Å². The van der Waals surface area contributed by atoms with Crippen molar-refractivity contribution in [2.45, 2.75) is 19.4 Å². The highest BCUT2D eigenvalue weighted by atomic mass is 16.5. The maximum atomic E-state index is 12.2. The lowest BCUT2D eigenvalue weighted by Gasteiger charge is -2.15. The molecular weight excluding hydrogens is 286 g/mol. The third-order valence-electron chi connectivity index (χ3n) is 3.53. The Hall–Kier alpha value is -1.86. The Kier molecular flexibility index (Phi) is 6.42. The van der Waals surface area contributed by atoms with Crippen LogP contribution in [0.25, 0.3) is 0 Å². The second-order valence-electron chi connectivity index (χ2n) is 5.15. The van der Waals surface area contributed by atoms with Gasteiger partial charge in [0.1, 0.15) is 0 Å². The molecule has 1 fully saturated rings. The van der Waals surface area contributed by atoms with Gasteiger partial charge in [0.05, 0.1) is 13.2 Å². The first kappa shape index (κ1) is 16.5. The molecule has 7 nitrogen and oxygen atoms in total. The van der Waals surface area contributed by atoms with Crippen LogP contribution >= 0.6 is 0 Å². The van der Waals surface area contributed by atoms with Crippen LogP contribution in [0, 0.1) is 0 Å². The molecule has 0 bridgehead atoms. The molecule has 0 atom stereocenters. The molecular formula is C15H23N3O4. The third-order valence-corrected chi connectivity index (χ3v) is 3.53. The van der Waals surface area contributed by atoms with E-state index in [0.717, 1.165) is 25.9 Å². The van der Waals surface area contributed by atoms with Gasteiger partial charge in [-0.1, -0.05) is 0 Å². The van der Waals surface area contributed by atoms with Crippen LogP contribution in [0.1, 0.15) is 12.8 Å². The fourth-order valence-electron chi connectivity index (χ4n) is 2.35. The van der Waals surface area contributed by atoms with Crippen LogP contribution in [0.5, 0.6) is 5.75 Å². The first-order chi connectivity index (χ1) is 10.7. The molecule has 0 aromatic carbocycles. The summed E-state index contributed by atoms with van der Waals surface area (Å²) in [5.74, 6) is 0.118. The van der Waals surface area contributed by atoms with E-state index in [1.165, 1.54) is 4.57 Å². The Morgan fingerprint density at radius 1 is 1.27 bits per heavy atom. The number of hydrogen-bond donors (Lipinski definition) is 1. The SMILES string of the molecule is NCCOCCn1cccc(OCC(=O)N2CCCC2)c1=O. The van der Waals surface area contributed by atoms with Gasteiger partial charge < -0.3 is 24.7 Å². The highest BCUT2D eigenvalue weighted by Gasteiger charge is 2.18.